The summed E-state index contributed by atoms with van der Waals surface area (Å²) in [4.78, 5) is 40.7. The van der Waals surface area contributed by atoms with Gasteiger partial charge in [-0.3, -0.25) is 14.4 Å². The number of carbonyl (C=O) groups is 2. The van der Waals surface area contributed by atoms with Gasteiger partial charge in [-0.2, -0.15) is 13.2 Å². The van der Waals surface area contributed by atoms with Crippen molar-refractivity contribution in [3.8, 4) is 11.1 Å². The molecule has 0 saturated carbocycles. The fourth-order valence-electron chi connectivity index (χ4n) is 5.68. The molecule has 0 bridgehead atoms. The smallest absolute Gasteiger partial charge is 0.416 e. The number of amides is 1. The maximum absolute atomic E-state index is 15.7. The summed E-state index contributed by atoms with van der Waals surface area (Å²) in [6.45, 7) is 8.62. The number of pyridine rings is 1. The Morgan fingerprint density at radius 1 is 0.978 bits per heavy atom. The zero-order valence-corrected chi connectivity index (χ0v) is 27.0. The second kappa shape index (κ2) is 14.6. The van der Waals surface area contributed by atoms with Crippen molar-refractivity contribution in [1.82, 2.24) is 14.8 Å². The van der Waals surface area contributed by atoms with E-state index in [0.717, 1.165) is 10.8 Å². The van der Waals surface area contributed by atoms with Crippen LogP contribution in [0.3, 0.4) is 0 Å². The van der Waals surface area contributed by atoms with Crippen molar-refractivity contribution in [3.05, 3.63) is 91.9 Å². The first-order chi connectivity index (χ1) is 21.3. The van der Waals surface area contributed by atoms with Crippen LogP contribution in [0.25, 0.3) is 11.1 Å². The number of hydrogen-bond acceptors (Lipinski definition) is 4. The van der Waals surface area contributed by atoms with E-state index < -0.39 is 59.3 Å². The molecule has 0 aliphatic carbocycles. The van der Waals surface area contributed by atoms with E-state index in [1.807, 2.05) is 0 Å². The standard InChI is InChI=1S/C34H40F5N3O4/c1-18(2)10-28(42-17-22(8-9-41(6)7)26(15-29(42)43)34(37,38)39)33(46)40-27(16-30(44)45)25-14-23(11-21(5)32(25)36)31-19(3)12-24(35)13-20(31)4/h11-15,17-18,27-28H,8-10,16H2,1-7H3,(H,40,46)(H,44,45)/t27?,28-/m0/s1. The van der Waals surface area contributed by atoms with E-state index in [1.54, 1.807) is 52.8 Å². The van der Waals surface area contributed by atoms with Crippen LogP contribution >= 0.6 is 0 Å². The molecule has 1 unspecified atom stereocenters. The zero-order valence-electron chi connectivity index (χ0n) is 27.0. The van der Waals surface area contributed by atoms with Gasteiger partial charge in [0.05, 0.1) is 18.0 Å². The number of alkyl halides is 3. The number of nitrogens with one attached hydrogen (secondary N) is 1. The minimum absolute atomic E-state index is 0.0273. The van der Waals surface area contributed by atoms with Crippen molar-refractivity contribution in [3.63, 3.8) is 0 Å². The molecule has 0 aliphatic heterocycles. The lowest BCUT2D eigenvalue weighted by molar-refractivity contribution is -0.139. The predicted molar refractivity (Wildman–Crippen MR) is 166 cm³/mol. The summed E-state index contributed by atoms with van der Waals surface area (Å²) in [5.74, 6) is -3.61. The van der Waals surface area contributed by atoms with Gasteiger partial charge in [0.1, 0.15) is 17.7 Å². The molecule has 3 aromatic rings. The Morgan fingerprint density at radius 3 is 2.11 bits per heavy atom. The molecule has 12 heteroatoms. The Kier molecular flexibility index (Phi) is 11.5. The third-order valence-corrected chi connectivity index (χ3v) is 7.77. The number of halogens is 5. The van der Waals surface area contributed by atoms with Gasteiger partial charge < -0.3 is 19.9 Å². The third-order valence-electron chi connectivity index (χ3n) is 7.77. The number of aliphatic carboxylic acids is 1. The number of rotatable bonds is 12. The number of carboxylic acids is 1. The summed E-state index contributed by atoms with van der Waals surface area (Å²) in [6.07, 6.45) is -4.51. The molecule has 2 N–H and O–H groups in total. The van der Waals surface area contributed by atoms with Gasteiger partial charge in [-0.05, 0) is 111 Å². The van der Waals surface area contributed by atoms with Crippen molar-refractivity contribution in [2.24, 2.45) is 5.92 Å². The minimum atomic E-state index is -4.80. The van der Waals surface area contributed by atoms with Gasteiger partial charge in [0.2, 0.25) is 5.91 Å². The summed E-state index contributed by atoms with van der Waals surface area (Å²) < 4.78 is 72.3. The van der Waals surface area contributed by atoms with E-state index in [1.165, 1.54) is 25.1 Å². The van der Waals surface area contributed by atoms with Gasteiger partial charge in [-0.15, -0.1) is 0 Å². The quantitative estimate of drug-likeness (QED) is 0.212. The van der Waals surface area contributed by atoms with Crippen molar-refractivity contribution in [1.29, 1.82) is 0 Å². The Bertz CT molecular complexity index is 1640. The number of carboxylic acid groups (broad SMARTS) is 1. The van der Waals surface area contributed by atoms with E-state index in [0.29, 0.717) is 28.3 Å². The predicted octanol–water partition coefficient (Wildman–Crippen LogP) is 6.76. The number of likely N-dealkylation sites (N-methyl/N-ethyl adjacent to an activating group) is 1. The van der Waals surface area contributed by atoms with Crippen molar-refractivity contribution >= 4 is 11.9 Å². The number of hydrogen-bond donors (Lipinski definition) is 2. The third kappa shape index (κ3) is 8.80. The first-order valence-corrected chi connectivity index (χ1v) is 14.9. The molecule has 1 amide bonds. The fraction of sp³-hybridized carbons (Fsp3) is 0.441. The highest BCUT2D eigenvalue weighted by Gasteiger charge is 2.36. The highest BCUT2D eigenvalue weighted by molar-refractivity contribution is 5.82. The van der Waals surface area contributed by atoms with Crippen molar-refractivity contribution in [2.75, 3.05) is 20.6 Å². The van der Waals surface area contributed by atoms with Crippen LogP contribution in [0.2, 0.25) is 0 Å². The number of aromatic nitrogens is 1. The zero-order chi connectivity index (χ0) is 34.7. The van der Waals surface area contributed by atoms with Gasteiger partial charge in [0.25, 0.3) is 5.56 Å². The van der Waals surface area contributed by atoms with Crippen LogP contribution < -0.4 is 10.9 Å². The van der Waals surface area contributed by atoms with Crippen LogP contribution in [0, 0.1) is 38.3 Å². The Labute approximate surface area is 265 Å². The van der Waals surface area contributed by atoms with Crippen LogP contribution in [0.15, 0.2) is 41.3 Å². The van der Waals surface area contributed by atoms with Crippen LogP contribution in [-0.4, -0.2) is 47.1 Å². The van der Waals surface area contributed by atoms with E-state index in [2.05, 4.69) is 5.32 Å². The van der Waals surface area contributed by atoms with Gasteiger partial charge >= 0.3 is 12.1 Å². The number of carbonyl (C=O) groups excluding carboxylic acids is 1. The maximum Gasteiger partial charge on any atom is 0.416 e. The van der Waals surface area contributed by atoms with Crippen molar-refractivity contribution < 1.29 is 36.6 Å². The molecule has 0 fully saturated rings. The van der Waals surface area contributed by atoms with Gasteiger partial charge in [-0.25, -0.2) is 8.78 Å². The molecule has 1 aromatic heterocycles. The van der Waals surface area contributed by atoms with Gasteiger partial charge in [0, 0.05) is 24.4 Å². The molecular weight excluding hydrogens is 609 g/mol. The topological polar surface area (TPSA) is 91.6 Å². The monoisotopic (exact) mass is 649 g/mol. The summed E-state index contributed by atoms with van der Waals surface area (Å²) in [6, 6.07) is 3.34. The molecule has 7 nitrogen and oxygen atoms in total. The van der Waals surface area contributed by atoms with E-state index in [-0.39, 0.29) is 42.0 Å². The highest BCUT2D eigenvalue weighted by Crippen LogP contribution is 2.35. The summed E-state index contributed by atoms with van der Waals surface area (Å²) in [5.41, 5.74) is -0.0706. The second-order valence-electron chi connectivity index (χ2n) is 12.4. The van der Waals surface area contributed by atoms with Gasteiger partial charge in [0.15, 0.2) is 0 Å². The molecular formula is C34H40F5N3O4. The molecule has 2 atom stereocenters. The minimum Gasteiger partial charge on any atom is -0.481 e. The largest absolute Gasteiger partial charge is 0.481 e. The Morgan fingerprint density at radius 2 is 1.59 bits per heavy atom. The molecule has 0 radical (unpaired) electrons. The Balaban J connectivity index is 2.15. The molecule has 0 spiro atoms. The SMILES string of the molecule is Cc1cc(-c2c(C)cc(F)cc2C)cc(C(CC(=O)O)NC(=O)[C@H](CC(C)C)n2cc(CCN(C)C)c(C(F)(F)F)cc2=O)c1F. The Hall–Kier alpha value is -4.06. The number of nitrogens with zero attached hydrogens (tertiary/aromatic N) is 2. The van der Waals surface area contributed by atoms with Crippen LogP contribution in [-0.2, 0) is 22.2 Å². The summed E-state index contributed by atoms with van der Waals surface area (Å²) in [7, 11) is 3.38. The van der Waals surface area contributed by atoms with E-state index >= 15 is 4.39 Å². The molecule has 1 heterocycles. The highest BCUT2D eigenvalue weighted by atomic mass is 19.4. The van der Waals surface area contributed by atoms with Crippen molar-refractivity contribution in [2.45, 2.75) is 72.1 Å². The lowest BCUT2D eigenvalue weighted by atomic mass is 9.90. The lowest BCUT2D eigenvalue weighted by Crippen LogP contribution is -2.41. The van der Waals surface area contributed by atoms with Crippen LogP contribution in [0.5, 0.6) is 0 Å². The molecule has 0 saturated heterocycles. The van der Waals surface area contributed by atoms with E-state index in [4.69, 9.17) is 0 Å². The average Bonchev–Trinajstić information content (AvgIpc) is 2.90. The summed E-state index contributed by atoms with van der Waals surface area (Å²) in [5, 5.41) is 12.3. The van der Waals surface area contributed by atoms with E-state index in [9.17, 15) is 37.1 Å². The molecule has 3 rings (SSSR count). The molecule has 0 aliphatic rings. The fourth-order valence-corrected chi connectivity index (χ4v) is 5.68. The molecule has 46 heavy (non-hydrogen) atoms. The summed E-state index contributed by atoms with van der Waals surface area (Å²) >= 11 is 0. The number of benzene rings is 2. The lowest BCUT2D eigenvalue weighted by Gasteiger charge is -2.27. The molecule has 2 aromatic carbocycles. The average molecular weight is 650 g/mol. The van der Waals surface area contributed by atoms with Crippen LogP contribution in [0.4, 0.5) is 22.0 Å². The number of aryl methyl sites for hydroxylation is 3. The van der Waals surface area contributed by atoms with Crippen LogP contribution in [0.1, 0.15) is 72.2 Å². The maximum atomic E-state index is 15.7. The second-order valence-corrected chi connectivity index (χ2v) is 12.4. The van der Waals surface area contributed by atoms with Gasteiger partial charge in [-0.1, -0.05) is 13.8 Å². The first kappa shape index (κ1) is 36.4. The first-order valence-electron chi connectivity index (χ1n) is 14.9. The molecule has 250 valence electrons. The normalized spacial score (nSPS) is 13.3.